The molecule has 7 aromatic carbocycles. The fourth-order valence-electron chi connectivity index (χ4n) is 6.76. The lowest BCUT2D eigenvalue weighted by molar-refractivity contribution is 0.770. The molecule has 8 rings (SSSR count). The van der Waals surface area contributed by atoms with Gasteiger partial charge in [-0.1, -0.05) is 133 Å². The number of halogens is 1. The summed E-state index contributed by atoms with van der Waals surface area (Å²) >= 11 is 6.67. The standard InChI is InChI=1S/C39H25Cl/c40-34-13-7-12-33(25-34)39(32-20-18-27(19-21-32)31-17-16-26-8-1-2-9-28(26)22-31)37-15-6-5-14-35(37)36-23-29-10-3-4-11-30(29)24-38(36)39/h1-25H. The molecule has 0 heterocycles. The smallest absolute Gasteiger partial charge is 0.0714 e. The Morgan fingerprint density at radius 3 is 1.80 bits per heavy atom. The summed E-state index contributed by atoms with van der Waals surface area (Å²) in [5, 5.41) is 5.76. The van der Waals surface area contributed by atoms with Crippen LogP contribution in [0, 0.1) is 0 Å². The van der Waals surface area contributed by atoms with Crippen LogP contribution in [0.1, 0.15) is 22.3 Å². The topological polar surface area (TPSA) is 0 Å². The molecule has 0 fully saturated rings. The highest BCUT2D eigenvalue weighted by Crippen LogP contribution is 2.57. The number of fused-ring (bicyclic) bond motifs is 5. The Balaban J connectivity index is 1.40. The lowest BCUT2D eigenvalue weighted by Crippen LogP contribution is -2.28. The normalized spacial score (nSPS) is 15.7. The van der Waals surface area contributed by atoms with E-state index in [1.54, 1.807) is 0 Å². The Labute approximate surface area is 239 Å². The van der Waals surface area contributed by atoms with Gasteiger partial charge in [0.2, 0.25) is 0 Å². The van der Waals surface area contributed by atoms with Gasteiger partial charge in [0.15, 0.2) is 0 Å². The molecule has 0 spiro atoms. The van der Waals surface area contributed by atoms with Crippen molar-refractivity contribution >= 4 is 33.1 Å². The number of rotatable bonds is 3. The highest BCUT2D eigenvalue weighted by atomic mass is 35.5. The van der Waals surface area contributed by atoms with Gasteiger partial charge in [-0.25, -0.2) is 0 Å². The lowest BCUT2D eigenvalue weighted by atomic mass is 9.67. The minimum Gasteiger partial charge on any atom is -0.0843 e. The van der Waals surface area contributed by atoms with Crippen molar-refractivity contribution in [1.82, 2.24) is 0 Å². The van der Waals surface area contributed by atoms with Gasteiger partial charge in [0.25, 0.3) is 0 Å². The Morgan fingerprint density at radius 1 is 0.375 bits per heavy atom. The first-order valence-corrected chi connectivity index (χ1v) is 14.1. The summed E-state index contributed by atoms with van der Waals surface area (Å²) in [6.07, 6.45) is 0. The molecule has 0 saturated heterocycles. The van der Waals surface area contributed by atoms with E-state index in [0.717, 1.165) is 5.02 Å². The Kier molecular flexibility index (Phi) is 5.20. The maximum Gasteiger partial charge on any atom is 0.0714 e. The van der Waals surface area contributed by atoms with Gasteiger partial charge in [-0.3, -0.25) is 0 Å². The highest BCUT2D eigenvalue weighted by Gasteiger charge is 2.46. The third-order valence-corrected chi connectivity index (χ3v) is 8.80. The van der Waals surface area contributed by atoms with E-state index in [2.05, 4.69) is 146 Å². The predicted octanol–water partition coefficient (Wildman–Crippen LogP) is 10.7. The van der Waals surface area contributed by atoms with Gasteiger partial charge in [0.1, 0.15) is 0 Å². The molecule has 1 aliphatic carbocycles. The van der Waals surface area contributed by atoms with Crippen LogP contribution in [0.4, 0.5) is 0 Å². The third-order valence-electron chi connectivity index (χ3n) is 8.57. The molecule has 0 bridgehead atoms. The van der Waals surface area contributed by atoms with Gasteiger partial charge in [0, 0.05) is 5.02 Å². The first kappa shape index (κ1) is 23.3. The maximum atomic E-state index is 6.67. The van der Waals surface area contributed by atoms with E-state index in [1.165, 1.54) is 66.1 Å². The molecule has 0 nitrogen and oxygen atoms in total. The van der Waals surface area contributed by atoms with Gasteiger partial charge >= 0.3 is 0 Å². The number of hydrogen-bond donors (Lipinski definition) is 0. The molecular formula is C39H25Cl. The third kappa shape index (κ3) is 3.40. The molecule has 1 unspecified atom stereocenters. The summed E-state index contributed by atoms with van der Waals surface area (Å²) in [4.78, 5) is 0. The van der Waals surface area contributed by atoms with Crippen LogP contribution in [-0.4, -0.2) is 0 Å². The van der Waals surface area contributed by atoms with Crippen LogP contribution in [0.3, 0.4) is 0 Å². The summed E-state index contributed by atoms with van der Waals surface area (Å²) < 4.78 is 0. The van der Waals surface area contributed by atoms with E-state index in [9.17, 15) is 0 Å². The fraction of sp³-hybridized carbons (Fsp3) is 0.0256. The van der Waals surface area contributed by atoms with Crippen LogP contribution >= 0.6 is 11.6 Å². The van der Waals surface area contributed by atoms with Gasteiger partial charge in [-0.05, 0) is 96.4 Å². The Morgan fingerprint density at radius 2 is 1.02 bits per heavy atom. The van der Waals surface area contributed by atoms with Crippen LogP contribution < -0.4 is 0 Å². The summed E-state index contributed by atoms with van der Waals surface area (Å²) in [6.45, 7) is 0. The second-order valence-electron chi connectivity index (χ2n) is 10.7. The second-order valence-corrected chi connectivity index (χ2v) is 11.1. The second kappa shape index (κ2) is 8.95. The summed E-state index contributed by atoms with van der Waals surface area (Å²) in [5.74, 6) is 0. The van der Waals surface area contributed by atoms with Crippen LogP contribution in [0.25, 0.3) is 43.8 Å². The van der Waals surface area contributed by atoms with Crippen molar-refractivity contribution in [2.75, 3.05) is 0 Å². The predicted molar refractivity (Wildman–Crippen MR) is 169 cm³/mol. The van der Waals surface area contributed by atoms with Crippen LogP contribution in [0.2, 0.25) is 5.02 Å². The summed E-state index contributed by atoms with van der Waals surface area (Å²) in [6, 6.07) is 55.1. The van der Waals surface area contributed by atoms with Crippen LogP contribution in [-0.2, 0) is 5.41 Å². The molecule has 188 valence electrons. The van der Waals surface area contributed by atoms with E-state index in [0.29, 0.717) is 0 Å². The van der Waals surface area contributed by atoms with Gasteiger partial charge in [0.05, 0.1) is 5.41 Å². The van der Waals surface area contributed by atoms with E-state index in [-0.39, 0.29) is 0 Å². The van der Waals surface area contributed by atoms with Crippen LogP contribution in [0.15, 0.2) is 152 Å². The quantitative estimate of drug-likeness (QED) is 0.214. The van der Waals surface area contributed by atoms with Crippen LogP contribution in [0.5, 0.6) is 0 Å². The molecule has 40 heavy (non-hydrogen) atoms. The molecule has 0 radical (unpaired) electrons. The van der Waals surface area contributed by atoms with Crippen molar-refractivity contribution in [2.24, 2.45) is 0 Å². The first-order chi connectivity index (χ1) is 19.7. The first-order valence-electron chi connectivity index (χ1n) is 13.7. The van der Waals surface area contributed by atoms with E-state index < -0.39 is 5.41 Å². The summed E-state index contributed by atoms with van der Waals surface area (Å²) in [7, 11) is 0. The van der Waals surface area contributed by atoms with Crippen molar-refractivity contribution < 1.29 is 0 Å². The molecule has 0 aromatic heterocycles. The monoisotopic (exact) mass is 528 g/mol. The van der Waals surface area contributed by atoms with Crippen molar-refractivity contribution in [3.8, 4) is 22.3 Å². The molecule has 7 aromatic rings. The largest absolute Gasteiger partial charge is 0.0843 e. The summed E-state index contributed by atoms with van der Waals surface area (Å²) in [5.41, 5.74) is 9.52. The average Bonchev–Trinajstić information content (AvgIpc) is 3.30. The van der Waals surface area contributed by atoms with Crippen molar-refractivity contribution in [3.05, 3.63) is 179 Å². The van der Waals surface area contributed by atoms with E-state index in [4.69, 9.17) is 11.6 Å². The average molecular weight is 529 g/mol. The van der Waals surface area contributed by atoms with Crippen molar-refractivity contribution in [1.29, 1.82) is 0 Å². The molecule has 0 aliphatic heterocycles. The molecule has 1 heteroatoms. The Hall–Kier alpha value is -4.65. The highest BCUT2D eigenvalue weighted by molar-refractivity contribution is 6.30. The molecular weight excluding hydrogens is 504 g/mol. The fourth-order valence-corrected chi connectivity index (χ4v) is 6.95. The van der Waals surface area contributed by atoms with Gasteiger partial charge in [-0.2, -0.15) is 0 Å². The lowest BCUT2D eigenvalue weighted by Gasteiger charge is -2.34. The van der Waals surface area contributed by atoms with Gasteiger partial charge in [-0.15, -0.1) is 0 Å². The zero-order valence-corrected chi connectivity index (χ0v) is 22.6. The molecule has 1 aliphatic rings. The zero-order valence-electron chi connectivity index (χ0n) is 21.8. The minimum absolute atomic E-state index is 0.483. The molecule has 1 atom stereocenters. The Bertz CT molecular complexity index is 2070. The molecule has 0 N–H and O–H groups in total. The van der Waals surface area contributed by atoms with Gasteiger partial charge < -0.3 is 0 Å². The number of benzene rings is 7. The zero-order chi connectivity index (χ0) is 26.7. The maximum absolute atomic E-state index is 6.67. The molecule has 0 amide bonds. The minimum atomic E-state index is -0.483. The van der Waals surface area contributed by atoms with E-state index in [1.807, 2.05) is 6.07 Å². The van der Waals surface area contributed by atoms with Crippen molar-refractivity contribution in [3.63, 3.8) is 0 Å². The van der Waals surface area contributed by atoms with Crippen molar-refractivity contribution in [2.45, 2.75) is 5.41 Å². The van der Waals surface area contributed by atoms with E-state index >= 15 is 0 Å². The number of hydrogen-bond acceptors (Lipinski definition) is 0. The SMILES string of the molecule is Clc1cccc(C2(c3ccc(-c4ccc5ccccc5c4)cc3)c3ccccc3-c3cc4ccccc4cc32)c1. The molecule has 0 saturated carbocycles.